The zero-order valence-corrected chi connectivity index (χ0v) is 14.0. The van der Waals surface area contributed by atoms with E-state index in [9.17, 15) is 9.90 Å². The fourth-order valence-corrected chi connectivity index (χ4v) is 2.87. The molecule has 0 radical (unpaired) electrons. The monoisotopic (exact) mass is 326 g/mol. The Hall–Kier alpha value is -2.53. The number of β-amino-alcohol motifs (C(OH)–C–C–N with tert-alkyl or cyclic N) is 1. The van der Waals surface area contributed by atoms with Gasteiger partial charge in [0.15, 0.2) is 6.61 Å². The van der Waals surface area contributed by atoms with Gasteiger partial charge >= 0.3 is 0 Å². The van der Waals surface area contributed by atoms with Gasteiger partial charge in [-0.1, -0.05) is 29.8 Å². The van der Waals surface area contributed by atoms with Gasteiger partial charge in [0.05, 0.1) is 18.3 Å². The summed E-state index contributed by atoms with van der Waals surface area (Å²) in [6.07, 6.45) is -0.680. The van der Waals surface area contributed by atoms with E-state index < -0.39 is 6.10 Å². The molecule has 2 aromatic rings. The molecule has 126 valence electrons. The number of para-hydroxylation sites is 2. The average molecular weight is 326 g/mol. The largest absolute Gasteiger partial charge is 0.482 e. The summed E-state index contributed by atoms with van der Waals surface area (Å²) in [7, 11) is 0. The predicted molar refractivity (Wildman–Crippen MR) is 94.7 cm³/mol. The second-order valence-corrected chi connectivity index (χ2v) is 6.11. The van der Waals surface area contributed by atoms with Gasteiger partial charge in [0.25, 0.3) is 5.91 Å². The van der Waals surface area contributed by atoms with E-state index >= 15 is 0 Å². The van der Waals surface area contributed by atoms with Crippen molar-refractivity contribution in [3.63, 3.8) is 0 Å². The number of ether oxygens (including phenoxy) is 1. The van der Waals surface area contributed by atoms with Gasteiger partial charge in [-0.05, 0) is 37.6 Å². The molecule has 2 aromatic carbocycles. The fraction of sp³-hybridized carbons (Fsp3) is 0.316. The SMILES string of the molecule is Cc1ccc(NC[C@@H](O)CN2C(=O)COc3ccccc32)c(C)c1. The molecular formula is C19H22N2O3. The highest BCUT2D eigenvalue weighted by atomic mass is 16.5. The summed E-state index contributed by atoms with van der Waals surface area (Å²) in [5.74, 6) is 0.533. The molecule has 1 heterocycles. The summed E-state index contributed by atoms with van der Waals surface area (Å²) in [6.45, 7) is 4.69. The van der Waals surface area contributed by atoms with Crippen LogP contribution in [-0.2, 0) is 4.79 Å². The van der Waals surface area contributed by atoms with E-state index in [1.54, 1.807) is 4.90 Å². The van der Waals surface area contributed by atoms with E-state index in [4.69, 9.17) is 4.74 Å². The van der Waals surface area contributed by atoms with E-state index in [1.165, 1.54) is 5.56 Å². The molecule has 0 aliphatic carbocycles. The topological polar surface area (TPSA) is 61.8 Å². The quantitative estimate of drug-likeness (QED) is 0.886. The van der Waals surface area contributed by atoms with Crippen LogP contribution in [0.3, 0.4) is 0 Å². The first kappa shape index (κ1) is 16.3. The molecule has 0 unspecified atom stereocenters. The minimum atomic E-state index is -0.680. The number of carbonyl (C=O) groups is 1. The zero-order valence-electron chi connectivity index (χ0n) is 14.0. The first-order chi connectivity index (χ1) is 11.5. The third kappa shape index (κ3) is 3.51. The van der Waals surface area contributed by atoms with Crippen LogP contribution in [0.25, 0.3) is 0 Å². The maximum Gasteiger partial charge on any atom is 0.265 e. The van der Waals surface area contributed by atoms with Crippen LogP contribution >= 0.6 is 0 Å². The predicted octanol–water partition coefficient (Wildman–Crippen LogP) is 2.50. The number of nitrogens with one attached hydrogen (secondary N) is 1. The lowest BCUT2D eigenvalue weighted by Gasteiger charge is -2.31. The lowest BCUT2D eigenvalue weighted by Crippen LogP contribution is -2.44. The van der Waals surface area contributed by atoms with Crippen LogP contribution in [0.4, 0.5) is 11.4 Å². The summed E-state index contributed by atoms with van der Waals surface area (Å²) in [5.41, 5.74) is 4.04. The Kier molecular flexibility index (Phi) is 4.71. The maximum atomic E-state index is 12.1. The number of benzene rings is 2. The van der Waals surface area contributed by atoms with E-state index in [-0.39, 0.29) is 19.1 Å². The maximum absolute atomic E-state index is 12.1. The number of aliphatic hydroxyl groups excluding tert-OH is 1. The highest BCUT2D eigenvalue weighted by Crippen LogP contribution is 2.31. The lowest BCUT2D eigenvalue weighted by atomic mass is 10.1. The number of anilines is 2. The number of aliphatic hydroxyl groups is 1. The molecule has 0 aromatic heterocycles. The van der Waals surface area contributed by atoms with Crippen molar-refractivity contribution in [3.8, 4) is 5.75 Å². The summed E-state index contributed by atoms with van der Waals surface area (Å²) in [5, 5.41) is 13.6. The Morgan fingerprint density at radius 3 is 2.83 bits per heavy atom. The van der Waals surface area contributed by atoms with Crippen molar-refractivity contribution in [1.29, 1.82) is 0 Å². The first-order valence-corrected chi connectivity index (χ1v) is 8.06. The molecule has 0 saturated carbocycles. The van der Waals surface area contributed by atoms with Crippen molar-refractivity contribution < 1.29 is 14.6 Å². The molecule has 2 N–H and O–H groups in total. The minimum Gasteiger partial charge on any atom is -0.482 e. The number of amides is 1. The van der Waals surface area contributed by atoms with Crippen molar-refractivity contribution in [3.05, 3.63) is 53.6 Å². The second-order valence-electron chi connectivity index (χ2n) is 6.11. The smallest absolute Gasteiger partial charge is 0.265 e. The number of fused-ring (bicyclic) bond motifs is 1. The van der Waals surface area contributed by atoms with Crippen molar-refractivity contribution in [2.24, 2.45) is 0 Å². The first-order valence-electron chi connectivity index (χ1n) is 8.06. The van der Waals surface area contributed by atoms with E-state index in [2.05, 4.69) is 11.4 Å². The summed E-state index contributed by atoms with van der Waals surface area (Å²) < 4.78 is 5.42. The van der Waals surface area contributed by atoms with Gasteiger partial charge in [0.1, 0.15) is 5.75 Å². The third-order valence-electron chi connectivity index (χ3n) is 4.11. The van der Waals surface area contributed by atoms with Crippen LogP contribution in [-0.4, -0.2) is 36.8 Å². The van der Waals surface area contributed by atoms with Crippen LogP contribution in [0.2, 0.25) is 0 Å². The van der Waals surface area contributed by atoms with Gasteiger partial charge in [-0.15, -0.1) is 0 Å². The van der Waals surface area contributed by atoms with E-state index in [1.807, 2.05) is 50.2 Å². The Bertz CT molecular complexity index is 745. The van der Waals surface area contributed by atoms with Gasteiger partial charge in [0, 0.05) is 12.2 Å². The number of aryl methyl sites for hydroxylation is 2. The van der Waals surface area contributed by atoms with Crippen LogP contribution in [0.1, 0.15) is 11.1 Å². The molecule has 3 rings (SSSR count). The van der Waals surface area contributed by atoms with Gasteiger partial charge < -0.3 is 20.1 Å². The standard InChI is InChI=1S/C19H22N2O3/c1-13-7-8-16(14(2)9-13)20-10-15(22)11-21-17-5-3-4-6-18(17)24-12-19(21)23/h3-9,15,20,22H,10-12H2,1-2H3/t15-/m1/s1. The molecule has 0 spiro atoms. The number of hydrogen-bond donors (Lipinski definition) is 2. The number of hydrogen-bond acceptors (Lipinski definition) is 4. The minimum absolute atomic E-state index is 0.00817. The van der Waals surface area contributed by atoms with Crippen LogP contribution < -0.4 is 15.0 Å². The Morgan fingerprint density at radius 2 is 2.04 bits per heavy atom. The van der Waals surface area contributed by atoms with Crippen molar-refractivity contribution in [1.82, 2.24) is 0 Å². The molecule has 0 fully saturated rings. The van der Waals surface area contributed by atoms with Gasteiger partial charge in [-0.2, -0.15) is 0 Å². The lowest BCUT2D eigenvalue weighted by molar-refractivity contribution is -0.121. The molecule has 1 amide bonds. The molecular weight excluding hydrogens is 304 g/mol. The highest BCUT2D eigenvalue weighted by molar-refractivity contribution is 5.97. The normalized spacial score (nSPS) is 14.8. The van der Waals surface area contributed by atoms with Crippen LogP contribution in [0, 0.1) is 13.8 Å². The average Bonchev–Trinajstić information content (AvgIpc) is 2.57. The fourth-order valence-electron chi connectivity index (χ4n) is 2.87. The Morgan fingerprint density at radius 1 is 1.25 bits per heavy atom. The number of rotatable bonds is 5. The summed E-state index contributed by atoms with van der Waals surface area (Å²) in [4.78, 5) is 13.7. The van der Waals surface area contributed by atoms with Gasteiger partial charge in [-0.25, -0.2) is 0 Å². The summed E-state index contributed by atoms with van der Waals surface area (Å²) >= 11 is 0. The molecule has 5 heteroatoms. The molecule has 0 saturated heterocycles. The Labute approximate surface area is 141 Å². The van der Waals surface area contributed by atoms with Crippen molar-refractivity contribution >= 4 is 17.3 Å². The van der Waals surface area contributed by atoms with Crippen LogP contribution in [0.15, 0.2) is 42.5 Å². The third-order valence-corrected chi connectivity index (χ3v) is 4.11. The number of carbonyl (C=O) groups excluding carboxylic acids is 1. The van der Waals surface area contributed by atoms with Crippen LogP contribution in [0.5, 0.6) is 5.75 Å². The zero-order chi connectivity index (χ0) is 17.1. The number of nitrogens with zero attached hydrogens (tertiary/aromatic N) is 1. The molecule has 1 atom stereocenters. The molecule has 24 heavy (non-hydrogen) atoms. The van der Waals surface area contributed by atoms with Crippen molar-refractivity contribution in [2.45, 2.75) is 20.0 Å². The molecule has 1 aliphatic heterocycles. The highest BCUT2D eigenvalue weighted by Gasteiger charge is 2.26. The van der Waals surface area contributed by atoms with Crippen molar-refractivity contribution in [2.75, 3.05) is 29.9 Å². The molecule has 1 aliphatic rings. The van der Waals surface area contributed by atoms with E-state index in [0.717, 1.165) is 11.3 Å². The van der Waals surface area contributed by atoms with Gasteiger partial charge in [0.2, 0.25) is 0 Å². The Balaban J connectivity index is 1.64. The summed E-state index contributed by atoms with van der Waals surface area (Å²) in [6, 6.07) is 13.5. The molecule has 5 nitrogen and oxygen atoms in total. The molecule has 0 bridgehead atoms. The van der Waals surface area contributed by atoms with E-state index in [0.29, 0.717) is 18.0 Å². The van der Waals surface area contributed by atoms with Gasteiger partial charge in [-0.3, -0.25) is 4.79 Å². The second kappa shape index (κ2) is 6.93.